The summed E-state index contributed by atoms with van der Waals surface area (Å²) in [4.78, 5) is 25.6. The molecule has 1 aliphatic rings. The number of amides is 1. The smallest absolute Gasteiger partial charge is 0.305 e. The van der Waals surface area contributed by atoms with Gasteiger partial charge in [-0.3, -0.25) is 9.59 Å². The van der Waals surface area contributed by atoms with Crippen LogP contribution in [0.1, 0.15) is 16.8 Å². The van der Waals surface area contributed by atoms with E-state index in [1.807, 2.05) is 30.3 Å². The number of para-hydroxylation sites is 1. The predicted molar refractivity (Wildman–Crippen MR) is 97.4 cm³/mol. The number of thioether (sulfide) groups is 1. The topological polar surface area (TPSA) is 66.8 Å². The molecule has 2 aromatic rings. The first kappa shape index (κ1) is 17.4. The number of carboxylic acids is 1. The Balaban J connectivity index is 1.77. The Kier molecular flexibility index (Phi) is 5.60. The molecule has 1 heterocycles. The first-order chi connectivity index (χ1) is 12.1. The van der Waals surface area contributed by atoms with Crippen LogP contribution in [0, 0.1) is 0 Å². The van der Waals surface area contributed by atoms with Gasteiger partial charge in [0, 0.05) is 23.6 Å². The van der Waals surface area contributed by atoms with E-state index in [1.165, 1.54) is 0 Å². The number of hydrogen-bond acceptors (Lipinski definition) is 4. The highest BCUT2D eigenvalue weighted by molar-refractivity contribution is 7.99. The number of ether oxygens (including phenoxy) is 1. The summed E-state index contributed by atoms with van der Waals surface area (Å²) < 4.78 is 5.78. The summed E-state index contributed by atoms with van der Waals surface area (Å²) in [6, 6.07) is 16.1. The molecule has 0 radical (unpaired) electrons. The molecule has 1 N–H and O–H groups in total. The second-order valence-corrected chi connectivity index (χ2v) is 6.92. The van der Waals surface area contributed by atoms with Gasteiger partial charge in [0.25, 0.3) is 5.91 Å². The summed E-state index contributed by atoms with van der Waals surface area (Å²) in [5.74, 6) is 1.72. The van der Waals surface area contributed by atoms with E-state index in [1.54, 1.807) is 40.9 Å². The molecule has 1 saturated heterocycles. The van der Waals surface area contributed by atoms with Crippen molar-refractivity contribution in [3.8, 4) is 11.5 Å². The van der Waals surface area contributed by atoms with Crippen molar-refractivity contribution in [3.05, 3.63) is 60.2 Å². The molecule has 3 rings (SSSR count). The highest BCUT2D eigenvalue weighted by Crippen LogP contribution is 2.25. The maximum absolute atomic E-state index is 12.9. The van der Waals surface area contributed by atoms with Gasteiger partial charge in [0.15, 0.2) is 0 Å². The summed E-state index contributed by atoms with van der Waals surface area (Å²) >= 11 is 1.68. The molecule has 6 heteroatoms. The Morgan fingerprint density at radius 2 is 1.88 bits per heavy atom. The van der Waals surface area contributed by atoms with Gasteiger partial charge in [-0.05, 0) is 30.3 Å². The molecular weight excluding hydrogens is 338 g/mol. The molecule has 2 aromatic carbocycles. The minimum absolute atomic E-state index is 0.0288. The standard InChI is InChI=1S/C19H19NO4S/c21-18(22)12-15-13-25-10-9-20(15)19(23)14-5-4-8-17(11-14)24-16-6-2-1-3-7-16/h1-8,11,15H,9-10,12-13H2,(H,21,22). The lowest BCUT2D eigenvalue weighted by Crippen LogP contribution is -2.47. The van der Waals surface area contributed by atoms with Gasteiger partial charge in [0.1, 0.15) is 11.5 Å². The van der Waals surface area contributed by atoms with Crippen LogP contribution in [0.15, 0.2) is 54.6 Å². The van der Waals surface area contributed by atoms with Gasteiger partial charge in [0.05, 0.1) is 12.5 Å². The van der Waals surface area contributed by atoms with Crippen LogP contribution in [0.3, 0.4) is 0 Å². The van der Waals surface area contributed by atoms with Gasteiger partial charge in [-0.2, -0.15) is 11.8 Å². The maximum Gasteiger partial charge on any atom is 0.305 e. The van der Waals surface area contributed by atoms with Crippen LogP contribution in [0.25, 0.3) is 0 Å². The van der Waals surface area contributed by atoms with Gasteiger partial charge in [-0.25, -0.2) is 0 Å². The molecule has 5 nitrogen and oxygen atoms in total. The van der Waals surface area contributed by atoms with Crippen molar-refractivity contribution in [2.75, 3.05) is 18.1 Å². The number of carboxylic acid groups (broad SMARTS) is 1. The zero-order chi connectivity index (χ0) is 17.6. The number of aliphatic carboxylic acids is 1. The van der Waals surface area contributed by atoms with E-state index in [9.17, 15) is 9.59 Å². The van der Waals surface area contributed by atoms with Crippen molar-refractivity contribution in [3.63, 3.8) is 0 Å². The summed E-state index contributed by atoms with van der Waals surface area (Å²) in [5.41, 5.74) is 0.510. The van der Waals surface area contributed by atoms with Gasteiger partial charge in [-0.1, -0.05) is 24.3 Å². The number of benzene rings is 2. The molecule has 0 saturated carbocycles. The molecule has 25 heavy (non-hydrogen) atoms. The van der Waals surface area contributed by atoms with Crippen molar-refractivity contribution in [2.45, 2.75) is 12.5 Å². The second kappa shape index (κ2) is 8.07. The zero-order valence-electron chi connectivity index (χ0n) is 13.6. The van der Waals surface area contributed by atoms with Crippen LogP contribution in [0.5, 0.6) is 11.5 Å². The van der Waals surface area contributed by atoms with E-state index in [0.29, 0.717) is 29.4 Å². The van der Waals surface area contributed by atoms with Crippen LogP contribution in [0.2, 0.25) is 0 Å². The van der Waals surface area contributed by atoms with Crippen molar-refractivity contribution >= 4 is 23.6 Å². The lowest BCUT2D eigenvalue weighted by molar-refractivity contribution is -0.138. The number of rotatable bonds is 5. The Bertz CT molecular complexity index is 750. The number of carbonyl (C=O) groups is 2. The lowest BCUT2D eigenvalue weighted by Gasteiger charge is -2.34. The SMILES string of the molecule is O=C(O)CC1CSCCN1C(=O)c1cccc(Oc2ccccc2)c1. The molecular formula is C19H19NO4S. The van der Waals surface area contributed by atoms with Gasteiger partial charge in [-0.15, -0.1) is 0 Å². The highest BCUT2D eigenvalue weighted by atomic mass is 32.2. The third kappa shape index (κ3) is 4.54. The van der Waals surface area contributed by atoms with Gasteiger partial charge in [0.2, 0.25) is 0 Å². The van der Waals surface area contributed by atoms with Crippen molar-refractivity contribution in [2.24, 2.45) is 0 Å². The Hall–Kier alpha value is -2.47. The Morgan fingerprint density at radius 1 is 1.12 bits per heavy atom. The van der Waals surface area contributed by atoms with Gasteiger partial charge >= 0.3 is 5.97 Å². The minimum Gasteiger partial charge on any atom is -0.481 e. The first-order valence-electron chi connectivity index (χ1n) is 8.07. The van der Waals surface area contributed by atoms with Crippen molar-refractivity contribution in [1.82, 2.24) is 4.90 Å². The summed E-state index contributed by atoms with van der Waals surface area (Å²) in [6.07, 6.45) is -0.0288. The molecule has 0 aromatic heterocycles. The predicted octanol–water partition coefficient (Wildman–Crippen LogP) is 3.51. The third-order valence-corrected chi connectivity index (χ3v) is 5.05. The van der Waals surface area contributed by atoms with Crippen molar-refractivity contribution in [1.29, 1.82) is 0 Å². The van der Waals surface area contributed by atoms with E-state index in [2.05, 4.69) is 0 Å². The minimum atomic E-state index is -0.883. The quantitative estimate of drug-likeness (QED) is 0.887. The average molecular weight is 357 g/mol. The van der Waals surface area contributed by atoms with Gasteiger partial charge < -0.3 is 14.7 Å². The van der Waals surface area contributed by atoms with E-state index < -0.39 is 5.97 Å². The number of hydrogen-bond donors (Lipinski definition) is 1. The lowest BCUT2D eigenvalue weighted by atomic mass is 10.1. The average Bonchev–Trinajstić information content (AvgIpc) is 2.62. The third-order valence-electron chi connectivity index (χ3n) is 3.96. The fourth-order valence-corrected chi connectivity index (χ4v) is 3.84. The van der Waals surface area contributed by atoms with E-state index in [-0.39, 0.29) is 18.4 Å². The fraction of sp³-hybridized carbons (Fsp3) is 0.263. The molecule has 1 aliphatic heterocycles. The fourth-order valence-electron chi connectivity index (χ4n) is 2.78. The largest absolute Gasteiger partial charge is 0.481 e. The summed E-state index contributed by atoms with van der Waals surface area (Å²) in [5, 5.41) is 9.08. The molecule has 0 aliphatic carbocycles. The maximum atomic E-state index is 12.9. The second-order valence-electron chi connectivity index (χ2n) is 5.77. The molecule has 0 bridgehead atoms. The van der Waals surface area contributed by atoms with Crippen LogP contribution in [0.4, 0.5) is 0 Å². The molecule has 1 atom stereocenters. The van der Waals surface area contributed by atoms with E-state index in [0.717, 1.165) is 5.75 Å². The molecule has 1 amide bonds. The summed E-state index contributed by atoms with van der Waals surface area (Å²) in [6.45, 7) is 0.561. The molecule has 1 fully saturated rings. The van der Waals surface area contributed by atoms with E-state index >= 15 is 0 Å². The molecule has 130 valence electrons. The van der Waals surface area contributed by atoms with Crippen LogP contribution in [-0.4, -0.2) is 46.0 Å². The van der Waals surface area contributed by atoms with Crippen molar-refractivity contribution < 1.29 is 19.4 Å². The van der Waals surface area contributed by atoms with E-state index in [4.69, 9.17) is 9.84 Å². The van der Waals surface area contributed by atoms with Crippen LogP contribution < -0.4 is 4.74 Å². The Morgan fingerprint density at radius 3 is 2.64 bits per heavy atom. The number of nitrogens with zero attached hydrogens (tertiary/aromatic N) is 1. The highest BCUT2D eigenvalue weighted by Gasteiger charge is 2.29. The number of carbonyl (C=O) groups excluding carboxylic acids is 1. The zero-order valence-corrected chi connectivity index (χ0v) is 14.4. The Labute approximate surface area is 150 Å². The first-order valence-corrected chi connectivity index (χ1v) is 9.22. The van der Waals surface area contributed by atoms with Crippen LogP contribution >= 0.6 is 11.8 Å². The monoisotopic (exact) mass is 357 g/mol. The normalized spacial score (nSPS) is 17.1. The molecule has 1 unspecified atom stereocenters. The van der Waals surface area contributed by atoms with Crippen LogP contribution in [-0.2, 0) is 4.79 Å². The molecule has 0 spiro atoms. The summed E-state index contributed by atoms with van der Waals surface area (Å²) in [7, 11) is 0.